The van der Waals surface area contributed by atoms with Gasteiger partial charge in [-0.25, -0.2) is 14.8 Å². The van der Waals surface area contributed by atoms with E-state index in [2.05, 4.69) is 53.3 Å². The van der Waals surface area contributed by atoms with Crippen molar-refractivity contribution in [3.63, 3.8) is 0 Å². The molecule has 2 N–H and O–H groups in total. The fourth-order valence-corrected chi connectivity index (χ4v) is 7.59. The number of aromatic carboxylic acids is 1. The Balaban J connectivity index is 1.13. The second-order valence-electron chi connectivity index (χ2n) is 11.1. The average Bonchev–Trinajstić information content (AvgIpc) is 3.65. The predicted octanol–water partition coefficient (Wildman–Crippen LogP) is 7.06. The number of anilines is 4. The zero-order chi connectivity index (χ0) is 32.2. The lowest BCUT2D eigenvalue weighted by Crippen LogP contribution is -2.27. The highest BCUT2D eigenvalue weighted by Crippen LogP contribution is 2.39. The largest absolute Gasteiger partial charge is 0.492 e. The maximum atomic E-state index is 12.2. The van der Waals surface area contributed by atoms with Crippen molar-refractivity contribution in [2.24, 2.45) is 0 Å². The van der Waals surface area contributed by atoms with E-state index in [-0.39, 0.29) is 5.69 Å². The van der Waals surface area contributed by atoms with Crippen LogP contribution in [-0.4, -0.2) is 69.9 Å². The highest BCUT2D eigenvalue weighted by Gasteiger charge is 2.28. The van der Waals surface area contributed by atoms with Crippen LogP contribution in [0.25, 0.3) is 10.2 Å². The molecule has 5 aromatic rings. The van der Waals surface area contributed by atoms with Gasteiger partial charge in [0.2, 0.25) is 0 Å². The summed E-state index contributed by atoms with van der Waals surface area (Å²) in [7, 11) is 3.96. The first-order valence-electron chi connectivity index (χ1n) is 14.8. The van der Waals surface area contributed by atoms with Crippen molar-refractivity contribution in [3.8, 4) is 17.6 Å². The standard InChI is InChI=1S/C33H32BrN7O3S2/c1-20-22-10-7-17-41(30(22)39-38-29(20)37-32-35-24-11-4-5-12-26(24)45-32)33-36-28(31(42)43)27(46-33)13-8-18-44-25-15-14-21(19-23(25)34)9-6-16-40(2)3/h4-5,11-12,14-15,19H,7-8,10,13,16-18H2,1-3H3,(H,42,43)(H,35,37,38). The van der Waals surface area contributed by atoms with Gasteiger partial charge in [-0.2, -0.15) is 0 Å². The Bertz CT molecular complexity index is 1930. The number of hydrogen-bond donors (Lipinski definition) is 2. The van der Waals surface area contributed by atoms with E-state index in [0.29, 0.717) is 48.4 Å². The lowest BCUT2D eigenvalue weighted by atomic mass is 10.0. The SMILES string of the molecule is Cc1c(Nc2nc3ccccc3s2)nnc2c1CCCN2c1nc(C(=O)O)c(CCCOc2ccc(C#CCN(C)C)cc2Br)s1. The zero-order valence-corrected chi connectivity index (χ0v) is 28.9. The minimum Gasteiger partial charge on any atom is -0.492 e. The molecule has 46 heavy (non-hydrogen) atoms. The Kier molecular flexibility index (Phi) is 9.79. The van der Waals surface area contributed by atoms with Gasteiger partial charge in [-0.05, 0) is 93.0 Å². The van der Waals surface area contributed by atoms with Crippen molar-refractivity contribution >= 4 is 76.7 Å². The summed E-state index contributed by atoms with van der Waals surface area (Å²) >= 11 is 6.54. The molecule has 0 radical (unpaired) electrons. The highest BCUT2D eigenvalue weighted by molar-refractivity contribution is 9.10. The Morgan fingerprint density at radius 1 is 1.17 bits per heavy atom. The molecule has 0 aliphatic carbocycles. The molecular weight excluding hydrogens is 686 g/mol. The molecule has 4 heterocycles. The van der Waals surface area contributed by atoms with E-state index < -0.39 is 5.97 Å². The minimum absolute atomic E-state index is 0.0766. The number of carboxylic acids is 1. The molecule has 3 aromatic heterocycles. The Morgan fingerprint density at radius 3 is 2.80 bits per heavy atom. The summed E-state index contributed by atoms with van der Waals surface area (Å²) in [6.07, 6.45) is 2.90. The van der Waals surface area contributed by atoms with Crippen molar-refractivity contribution in [2.75, 3.05) is 44.0 Å². The smallest absolute Gasteiger partial charge is 0.355 e. The molecule has 13 heteroatoms. The number of aromatic nitrogens is 4. The number of halogens is 1. The topological polar surface area (TPSA) is 117 Å². The Morgan fingerprint density at radius 2 is 2.02 bits per heavy atom. The van der Waals surface area contributed by atoms with E-state index in [1.54, 1.807) is 11.3 Å². The average molecular weight is 719 g/mol. The fraction of sp³-hybridized carbons (Fsp3) is 0.303. The number of aryl methyl sites for hydroxylation is 1. The maximum Gasteiger partial charge on any atom is 0.355 e. The molecule has 2 aromatic carbocycles. The van der Waals surface area contributed by atoms with Crippen LogP contribution in [0.1, 0.15) is 44.9 Å². The second-order valence-corrected chi connectivity index (χ2v) is 14.0. The van der Waals surface area contributed by atoms with Crippen molar-refractivity contribution in [2.45, 2.75) is 32.6 Å². The number of ether oxygens (including phenoxy) is 1. The number of benzene rings is 2. The van der Waals surface area contributed by atoms with Crippen molar-refractivity contribution in [3.05, 3.63) is 74.2 Å². The molecule has 0 saturated heterocycles. The molecular formula is C33H32BrN7O3S2. The number of carbonyl (C=O) groups is 1. The summed E-state index contributed by atoms with van der Waals surface area (Å²) < 4.78 is 7.93. The number of fused-ring (bicyclic) bond motifs is 2. The number of nitrogens with zero attached hydrogens (tertiary/aromatic N) is 6. The van der Waals surface area contributed by atoms with Gasteiger partial charge in [-0.1, -0.05) is 35.3 Å². The number of carboxylic acid groups (broad SMARTS) is 1. The van der Waals surface area contributed by atoms with Gasteiger partial charge >= 0.3 is 5.97 Å². The van der Waals surface area contributed by atoms with Crippen LogP contribution in [0.5, 0.6) is 5.75 Å². The summed E-state index contributed by atoms with van der Waals surface area (Å²) in [5.41, 5.74) is 4.00. The fourth-order valence-electron chi connectivity index (χ4n) is 5.11. The number of hydrogen-bond acceptors (Lipinski definition) is 11. The minimum atomic E-state index is -1.04. The van der Waals surface area contributed by atoms with Gasteiger partial charge in [-0.3, -0.25) is 4.90 Å². The van der Waals surface area contributed by atoms with Gasteiger partial charge in [0.15, 0.2) is 27.6 Å². The third kappa shape index (κ3) is 7.15. The molecule has 0 fully saturated rings. The number of nitrogens with one attached hydrogen (secondary N) is 1. The molecule has 1 aliphatic rings. The van der Waals surface area contributed by atoms with E-state index in [4.69, 9.17) is 4.74 Å². The highest BCUT2D eigenvalue weighted by atomic mass is 79.9. The van der Waals surface area contributed by atoms with Gasteiger partial charge in [0.05, 0.1) is 27.8 Å². The molecule has 0 saturated carbocycles. The summed E-state index contributed by atoms with van der Waals surface area (Å²) in [4.78, 5) is 26.1. The third-order valence-electron chi connectivity index (χ3n) is 7.39. The molecule has 0 unspecified atom stereocenters. The molecule has 0 spiro atoms. The third-order valence-corrected chi connectivity index (χ3v) is 10.1. The first-order chi connectivity index (χ1) is 22.3. The number of rotatable bonds is 10. The molecule has 10 nitrogen and oxygen atoms in total. The van der Waals surface area contributed by atoms with E-state index in [0.717, 1.165) is 60.9 Å². The molecule has 0 amide bonds. The molecule has 0 atom stereocenters. The zero-order valence-electron chi connectivity index (χ0n) is 25.6. The number of para-hydroxylation sites is 1. The van der Waals surface area contributed by atoms with Crippen molar-refractivity contribution in [1.82, 2.24) is 25.1 Å². The van der Waals surface area contributed by atoms with Crippen LogP contribution in [-0.2, 0) is 12.8 Å². The quantitative estimate of drug-likeness (QED) is 0.115. The van der Waals surface area contributed by atoms with Crippen LogP contribution in [0.2, 0.25) is 0 Å². The van der Waals surface area contributed by atoms with E-state index in [1.807, 2.05) is 73.3 Å². The van der Waals surface area contributed by atoms with E-state index in [1.165, 1.54) is 11.3 Å². The van der Waals surface area contributed by atoms with Crippen LogP contribution >= 0.6 is 38.6 Å². The molecule has 6 rings (SSSR count). The summed E-state index contributed by atoms with van der Waals surface area (Å²) in [6.45, 7) is 3.84. The van der Waals surface area contributed by atoms with Gasteiger partial charge in [-0.15, -0.1) is 21.5 Å². The first kappa shape index (κ1) is 31.9. The summed E-state index contributed by atoms with van der Waals surface area (Å²) in [5.74, 6) is 7.35. The van der Waals surface area contributed by atoms with Gasteiger partial charge in [0.25, 0.3) is 0 Å². The van der Waals surface area contributed by atoms with Crippen LogP contribution < -0.4 is 15.0 Å². The lowest BCUT2D eigenvalue weighted by Gasteiger charge is -2.28. The Hall–Kier alpha value is -4.09. The predicted molar refractivity (Wildman–Crippen MR) is 187 cm³/mol. The van der Waals surface area contributed by atoms with Crippen LogP contribution in [0.3, 0.4) is 0 Å². The summed E-state index contributed by atoms with van der Waals surface area (Å²) in [5, 5.41) is 23.8. The van der Waals surface area contributed by atoms with Crippen LogP contribution in [0.4, 0.5) is 21.9 Å². The molecule has 1 aliphatic heterocycles. The van der Waals surface area contributed by atoms with Gasteiger partial charge < -0.3 is 20.1 Å². The normalized spacial score (nSPS) is 12.6. The van der Waals surface area contributed by atoms with Crippen molar-refractivity contribution < 1.29 is 14.6 Å². The first-order valence-corrected chi connectivity index (χ1v) is 17.2. The Labute approximate surface area is 283 Å². The lowest BCUT2D eigenvalue weighted by molar-refractivity contribution is 0.0690. The van der Waals surface area contributed by atoms with Crippen LogP contribution in [0, 0.1) is 18.8 Å². The molecule has 236 valence electrons. The van der Waals surface area contributed by atoms with Gasteiger partial charge in [0, 0.05) is 28.1 Å². The molecule has 0 bridgehead atoms. The van der Waals surface area contributed by atoms with Gasteiger partial charge in [0.1, 0.15) is 5.75 Å². The van der Waals surface area contributed by atoms with E-state index in [9.17, 15) is 9.90 Å². The second kappa shape index (κ2) is 14.1. The maximum absolute atomic E-state index is 12.2. The monoisotopic (exact) mass is 717 g/mol. The van der Waals surface area contributed by atoms with Crippen LogP contribution in [0.15, 0.2) is 46.9 Å². The number of thiazole rings is 2. The van der Waals surface area contributed by atoms with E-state index >= 15 is 0 Å². The summed E-state index contributed by atoms with van der Waals surface area (Å²) in [6, 6.07) is 13.8. The van der Waals surface area contributed by atoms with Crippen molar-refractivity contribution in [1.29, 1.82) is 0 Å².